The summed E-state index contributed by atoms with van der Waals surface area (Å²) in [6, 6.07) is 14.6. The van der Waals surface area contributed by atoms with Gasteiger partial charge >= 0.3 is 0 Å². The summed E-state index contributed by atoms with van der Waals surface area (Å²) >= 11 is 0. The summed E-state index contributed by atoms with van der Waals surface area (Å²) in [7, 11) is 1.62. The molecule has 3 aromatic rings. The smallest absolute Gasteiger partial charge is 0.254 e. The molecule has 1 fully saturated rings. The van der Waals surface area contributed by atoms with Crippen molar-refractivity contribution in [3.05, 3.63) is 71.8 Å². The molecule has 2 heterocycles. The number of benzene rings is 2. The van der Waals surface area contributed by atoms with Gasteiger partial charge in [0, 0.05) is 37.3 Å². The number of methoxy groups -OCH3 is 1. The van der Waals surface area contributed by atoms with Crippen LogP contribution < -0.4 is 9.64 Å². The first-order valence-electron chi connectivity index (χ1n) is 9.52. The molecule has 1 amide bonds. The highest BCUT2D eigenvalue weighted by Crippen LogP contribution is 2.22. The van der Waals surface area contributed by atoms with Crippen LogP contribution in [-0.4, -0.2) is 54.3 Å². The molecule has 1 aliphatic heterocycles. The minimum Gasteiger partial charge on any atom is -0.497 e. The SMILES string of the molecule is COc1ccc(-c2ccc(N3CCN(C(=O)c4ccc(F)c(F)c4)CC3)nn2)cc1. The zero-order chi connectivity index (χ0) is 21.1. The summed E-state index contributed by atoms with van der Waals surface area (Å²) in [5.41, 5.74) is 1.84. The fourth-order valence-electron chi connectivity index (χ4n) is 3.36. The fraction of sp³-hybridized carbons (Fsp3) is 0.227. The van der Waals surface area contributed by atoms with Crippen molar-refractivity contribution in [1.82, 2.24) is 15.1 Å². The number of rotatable bonds is 4. The Morgan fingerprint density at radius 2 is 1.63 bits per heavy atom. The van der Waals surface area contributed by atoms with E-state index >= 15 is 0 Å². The number of amides is 1. The first kappa shape index (κ1) is 19.8. The van der Waals surface area contributed by atoms with Gasteiger partial charge in [0.15, 0.2) is 17.5 Å². The van der Waals surface area contributed by atoms with Crippen LogP contribution in [0.2, 0.25) is 0 Å². The third-order valence-corrected chi connectivity index (χ3v) is 5.09. The van der Waals surface area contributed by atoms with Gasteiger partial charge in [0.1, 0.15) is 5.75 Å². The van der Waals surface area contributed by atoms with Gasteiger partial charge in [-0.1, -0.05) is 0 Å². The number of carbonyl (C=O) groups is 1. The zero-order valence-corrected chi connectivity index (χ0v) is 16.4. The Balaban J connectivity index is 1.38. The summed E-state index contributed by atoms with van der Waals surface area (Å²) < 4.78 is 31.7. The Kier molecular flexibility index (Phi) is 5.56. The maximum absolute atomic E-state index is 13.4. The maximum atomic E-state index is 13.4. The molecule has 0 aliphatic carbocycles. The highest BCUT2D eigenvalue weighted by molar-refractivity contribution is 5.94. The topological polar surface area (TPSA) is 58.6 Å². The van der Waals surface area contributed by atoms with Crippen LogP contribution in [0.15, 0.2) is 54.6 Å². The third kappa shape index (κ3) is 4.07. The average Bonchev–Trinajstić information content (AvgIpc) is 2.81. The molecular formula is C22H20F2N4O2. The normalized spacial score (nSPS) is 14.0. The van der Waals surface area contributed by atoms with E-state index in [1.807, 2.05) is 41.3 Å². The van der Waals surface area contributed by atoms with Crippen molar-refractivity contribution in [3.63, 3.8) is 0 Å². The highest BCUT2D eigenvalue weighted by atomic mass is 19.2. The van der Waals surface area contributed by atoms with Gasteiger partial charge in [0.25, 0.3) is 5.91 Å². The van der Waals surface area contributed by atoms with Crippen LogP contribution in [0.4, 0.5) is 14.6 Å². The zero-order valence-electron chi connectivity index (χ0n) is 16.4. The van der Waals surface area contributed by atoms with Crippen molar-refractivity contribution in [2.45, 2.75) is 0 Å². The fourth-order valence-corrected chi connectivity index (χ4v) is 3.36. The lowest BCUT2D eigenvalue weighted by Gasteiger charge is -2.35. The molecule has 0 bridgehead atoms. The second-order valence-corrected chi connectivity index (χ2v) is 6.91. The number of aromatic nitrogens is 2. The Morgan fingerprint density at radius 1 is 0.900 bits per heavy atom. The van der Waals surface area contributed by atoms with Crippen molar-refractivity contribution in [2.24, 2.45) is 0 Å². The van der Waals surface area contributed by atoms with Crippen molar-refractivity contribution in [3.8, 4) is 17.0 Å². The summed E-state index contributed by atoms with van der Waals surface area (Å²) in [6.07, 6.45) is 0. The summed E-state index contributed by atoms with van der Waals surface area (Å²) in [4.78, 5) is 16.2. The number of nitrogens with zero attached hydrogens (tertiary/aromatic N) is 4. The molecule has 0 saturated carbocycles. The molecule has 4 rings (SSSR count). The van der Waals surface area contributed by atoms with Crippen molar-refractivity contribution < 1.29 is 18.3 Å². The Labute approximate surface area is 172 Å². The van der Waals surface area contributed by atoms with Crippen LogP contribution in [0.1, 0.15) is 10.4 Å². The third-order valence-electron chi connectivity index (χ3n) is 5.09. The van der Waals surface area contributed by atoms with E-state index in [0.717, 1.165) is 35.0 Å². The highest BCUT2D eigenvalue weighted by Gasteiger charge is 2.23. The lowest BCUT2D eigenvalue weighted by Crippen LogP contribution is -2.49. The Hall–Kier alpha value is -3.55. The Bertz CT molecular complexity index is 1030. The van der Waals surface area contributed by atoms with Crippen LogP contribution in [0.5, 0.6) is 5.75 Å². The minimum absolute atomic E-state index is 0.144. The number of anilines is 1. The van der Waals surface area contributed by atoms with E-state index in [4.69, 9.17) is 4.74 Å². The van der Waals surface area contributed by atoms with Gasteiger partial charge < -0.3 is 14.5 Å². The van der Waals surface area contributed by atoms with Crippen LogP contribution in [-0.2, 0) is 0 Å². The van der Waals surface area contributed by atoms with Gasteiger partial charge in [0.2, 0.25) is 0 Å². The van der Waals surface area contributed by atoms with Gasteiger partial charge in [0.05, 0.1) is 12.8 Å². The van der Waals surface area contributed by atoms with Gasteiger partial charge in [-0.3, -0.25) is 4.79 Å². The molecule has 0 spiro atoms. The largest absolute Gasteiger partial charge is 0.497 e. The molecule has 154 valence electrons. The average molecular weight is 410 g/mol. The summed E-state index contributed by atoms with van der Waals surface area (Å²) in [6.45, 7) is 2.07. The van der Waals surface area contributed by atoms with E-state index in [1.54, 1.807) is 12.0 Å². The van der Waals surface area contributed by atoms with E-state index in [1.165, 1.54) is 6.07 Å². The second kappa shape index (κ2) is 8.44. The number of halogens is 2. The quantitative estimate of drug-likeness (QED) is 0.660. The van der Waals surface area contributed by atoms with Crippen molar-refractivity contribution in [2.75, 3.05) is 38.2 Å². The number of hydrogen-bond acceptors (Lipinski definition) is 5. The molecule has 2 aromatic carbocycles. The molecule has 1 aromatic heterocycles. The first-order valence-corrected chi connectivity index (χ1v) is 9.52. The molecular weight excluding hydrogens is 390 g/mol. The van der Waals surface area contributed by atoms with Gasteiger partial charge in [-0.05, 0) is 54.6 Å². The van der Waals surface area contributed by atoms with E-state index in [0.29, 0.717) is 26.2 Å². The molecule has 1 saturated heterocycles. The maximum Gasteiger partial charge on any atom is 0.254 e. The van der Waals surface area contributed by atoms with Gasteiger partial charge in [-0.2, -0.15) is 0 Å². The van der Waals surface area contributed by atoms with Crippen LogP contribution >= 0.6 is 0 Å². The summed E-state index contributed by atoms with van der Waals surface area (Å²) in [5, 5.41) is 8.63. The van der Waals surface area contributed by atoms with E-state index in [2.05, 4.69) is 10.2 Å². The minimum atomic E-state index is -1.02. The number of piperazine rings is 1. The standard InChI is InChI=1S/C22H20F2N4O2/c1-30-17-5-2-15(3-6-17)20-8-9-21(26-25-20)27-10-12-28(13-11-27)22(29)16-4-7-18(23)19(24)14-16/h2-9,14H,10-13H2,1H3. The van der Waals surface area contributed by atoms with Crippen molar-refractivity contribution in [1.29, 1.82) is 0 Å². The Morgan fingerprint density at radius 3 is 2.23 bits per heavy atom. The second-order valence-electron chi connectivity index (χ2n) is 6.91. The first-order chi connectivity index (χ1) is 14.5. The molecule has 0 N–H and O–H groups in total. The molecule has 0 unspecified atom stereocenters. The molecule has 30 heavy (non-hydrogen) atoms. The van der Waals surface area contributed by atoms with Crippen LogP contribution in [0.25, 0.3) is 11.3 Å². The lowest BCUT2D eigenvalue weighted by molar-refractivity contribution is 0.0746. The predicted molar refractivity (Wildman–Crippen MR) is 108 cm³/mol. The van der Waals surface area contributed by atoms with Crippen molar-refractivity contribution >= 4 is 11.7 Å². The number of ether oxygens (including phenoxy) is 1. The molecule has 8 heteroatoms. The molecule has 6 nitrogen and oxygen atoms in total. The molecule has 0 atom stereocenters. The van der Waals surface area contributed by atoms with E-state index < -0.39 is 11.6 Å². The monoisotopic (exact) mass is 410 g/mol. The predicted octanol–water partition coefficient (Wildman–Crippen LogP) is 3.39. The van der Waals surface area contributed by atoms with Crippen LogP contribution in [0, 0.1) is 11.6 Å². The number of carbonyl (C=O) groups excluding carboxylic acids is 1. The van der Waals surface area contributed by atoms with Gasteiger partial charge in [-0.25, -0.2) is 8.78 Å². The molecule has 0 radical (unpaired) electrons. The number of hydrogen-bond donors (Lipinski definition) is 0. The van der Waals surface area contributed by atoms with Crippen LogP contribution in [0.3, 0.4) is 0 Å². The lowest BCUT2D eigenvalue weighted by atomic mass is 10.1. The molecule has 1 aliphatic rings. The van der Waals surface area contributed by atoms with E-state index in [-0.39, 0.29) is 11.5 Å². The van der Waals surface area contributed by atoms with E-state index in [9.17, 15) is 13.6 Å². The van der Waals surface area contributed by atoms with Gasteiger partial charge in [-0.15, -0.1) is 10.2 Å². The summed E-state index contributed by atoms with van der Waals surface area (Å²) in [5.74, 6) is -0.791.